The van der Waals surface area contributed by atoms with Gasteiger partial charge in [-0.1, -0.05) is 0 Å². The van der Waals surface area contributed by atoms with E-state index in [1.807, 2.05) is 12.1 Å². The number of imidazole rings is 1. The molecule has 0 unspecified atom stereocenters. The highest BCUT2D eigenvalue weighted by atomic mass is 16.6. The number of pyridine rings is 2. The molecule has 0 saturated carbocycles. The Kier molecular flexibility index (Phi) is 4.85. The lowest BCUT2D eigenvalue weighted by molar-refractivity contribution is -0.389. The Bertz CT molecular complexity index is 988. The molecule has 0 radical (unpaired) electrons. The van der Waals surface area contributed by atoms with Gasteiger partial charge in [0, 0.05) is 40.8 Å². The maximum Gasteiger partial charge on any atom is 0.414 e. The van der Waals surface area contributed by atoms with Crippen molar-refractivity contribution in [3.63, 3.8) is 0 Å². The Morgan fingerprint density at radius 1 is 1.32 bits per heavy atom. The Morgan fingerprint density at radius 2 is 2.21 bits per heavy atom. The molecule has 0 N–H and O–H groups in total. The highest BCUT2D eigenvalue weighted by Crippen LogP contribution is 2.24. The summed E-state index contributed by atoms with van der Waals surface area (Å²) in [5.41, 5.74) is 2.74. The summed E-state index contributed by atoms with van der Waals surface area (Å²) < 4.78 is 18.0. The van der Waals surface area contributed by atoms with Crippen molar-refractivity contribution in [3.05, 3.63) is 58.7 Å². The molecule has 3 aromatic heterocycles. The SMILES string of the molecule is COc1ccc(-c2cncc(CO[C@@H]3COc4nc([N+](=O)[O-])cn4C3)c2)cn1. The fraction of sp³-hybridized carbons (Fsp3) is 0.278. The maximum atomic E-state index is 10.8. The van der Waals surface area contributed by atoms with E-state index < -0.39 is 4.92 Å². The smallest absolute Gasteiger partial charge is 0.414 e. The second-order valence-corrected chi connectivity index (χ2v) is 6.21. The number of nitro groups is 1. The lowest BCUT2D eigenvalue weighted by Crippen LogP contribution is -2.32. The Labute approximate surface area is 159 Å². The normalized spacial score (nSPS) is 15.5. The molecule has 0 fully saturated rings. The summed E-state index contributed by atoms with van der Waals surface area (Å²) in [5, 5.41) is 10.8. The number of rotatable bonds is 6. The summed E-state index contributed by atoms with van der Waals surface area (Å²) in [5.74, 6) is 0.313. The van der Waals surface area contributed by atoms with Gasteiger partial charge in [-0.05, 0) is 22.6 Å². The highest BCUT2D eigenvalue weighted by molar-refractivity contribution is 5.62. The Hall–Kier alpha value is -3.53. The van der Waals surface area contributed by atoms with Crippen molar-refractivity contribution in [1.82, 2.24) is 19.5 Å². The van der Waals surface area contributed by atoms with Crippen LogP contribution in [0.15, 0.2) is 43.0 Å². The quantitative estimate of drug-likeness (QED) is 0.470. The zero-order chi connectivity index (χ0) is 19.5. The first-order valence-corrected chi connectivity index (χ1v) is 8.52. The van der Waals surface area contributed by atoms with Crippen molar-refractivity contribution >= 4 is 5.82 Å². The van der Waals surface area contributed by atoms with Gasteiger partial charge in [0.05, 0.1) is 20.3 Å². The summed E-state index contributed by atoms with van der Waals surface area (Å²) in [4.78, 5) is 22.6. The molecule has 0 bridgehead atoms. The molecule has 4 rings (SSSR count). The molecule has 144 valence electrons. The second kappa shape index (κ2) is 7.61. The predicted molar refractivity (Wildman–Crippen MR) is 97.0 cm³/mol. The van der Waals surface area contributed by atoms with E-state index in [0.29, 0.717) is 19.0 Å². The van der Waals surface area contributed by atoms with Crippen LogP contribution in [-0.2, 0) is 17.9 Å². The fourth-order valence-corrected chi connectivity index (χ4v) is 2.87. The molecule has 0 aromatic carbocycles. The van der Waals surface area contributed by atoms with Crippen LogP contribution in [0.25, 0.3) is 11.1 Å². The molecule has 0 aliphatic carbocycles. The minimum atomic E-state index is -0.546. The Balaban J connectivity index is 1.40. The molecule has 0 amide bonds. The van der Waals surface area contributed by atoms with E-state index in [9.17, 15) is 10.1 Å². The van der Waals surface area contributed by atoms with E-state index in [0.717, 1.165) is 16.7 Å². The number of nitrogens with zero attached hydrogens (tertiary/aromatic N) is 5. The molecule has 3 aromatic rings. The summed E-state index contributed by atoms with van der Waals surface area (Å²) >= 11 is 0. The van der Waals surface area contributed by atoms with Gasteiger partial charge in [0.2, 0.25) is 5.88 Å². The van der Waals surface area contributed by atoms with Crippen molar-refractivity contribution in [3.8, 4) is 23.0 Å². The average molecular weight is 383 g/mol. The molecule has 0 saturated heterocycles. The van der Waals surface area contributed by atoms with Crippen LogP contribution in [-0.4, -0.2) is 44.3 Å². The fourth-order valence-electron chi connectivity index (χ4n) is 2.87. The van der Waals surface area contributed by atoms with Gasteiger partial charge in [0.15, 0.2) is 0 Å². The van der Waals surface area contributed by atoms with Crippen molar-refractivity contribution in [2.45, 2.75) is 19.3 Å². The van der Waals surface area contributed by atoms with Crippen LogP contribution < -0.4 is 9.47 Å². The zero-order valence-electron chi connectivity index (χ0n) is 15.0. The van der Waals surface area contributed by atoms with Gasteiger partial charge in [-0.25, -0.2) is 4.98 Å². The van der Waals surface area contributed by atoms with E-state index in [2.05, 4.69) is 15.0 Å². The van der Waals surface area contributed by atoms with E-state index in [-0.39, 0.29) is 24.5 Å². The van der Waals surface area contributed by atoms with Gasteiger partial charge < -0.3 is 24.3 Å². The maximum absolute atomic E-state index is 10.8. The van der Waals surface area contributed by atoms with Gasteiger partial charge in [-0.15, -0.1) is 0 Å². The first-order valence-electron chi connectivity index (χ1n) is 8.52. The molecular weight excluding hydrogens is 366 g/mol. The zero-order valence-corrected chi connectivity index (χ0v) is 15.0. The minimum absolute atomic E-state index is 0.236. The summed E-state index contributed by atoms with van der Waals surface area (Å²) in [6.07, 6.45) is 6.32. The second-order valence-electron chi connectivity index (χ2n) is 6.21. The van der Waals surface area contributed by atoms with Crippen molar-refractivity contribution in [1.29, 1.82) is 0 Å². The van der Waals surface area contributed by atoms with Crippen LogP contribution >= 0.6 is 0 Å². The number of hydrogen-bond donors (Lipinski definition) is 0. The first-order chi connectivity index (χ1) is 13.6. The molecule has 10 nitrogen and oxygen atoms in total. The minimum Gasteiger partial charge on any atom is -0.481 e. The largest absolute Gasteiger partial charge is 0.481 e. The molecule has 28 heavy (non-hydrogen) atoms. The van der Waals surface area contributed by atoms with E-state index in [1.54, 1.807) is 36.3 Å². The lowest BCUT2D eigenvalue weighted by atomic mass is 10.1. The summed E-state index contributed by atoms with van der Waals surface area (Å²) in [6.45, 7) is 1.06. The average Bonchev–Trinajstić information content (AvgIpc) is 3.16. The number of hydrogen-bond acceptors (Lipinski definition) is 8. The lowest BCUT2D eigenvalue weighted by Gasteiger charge is -2.22. The van der Waals surface area contributed by atoms with E-state index in [4.69, 9.17) is 14.2 Å². The van der Waals surface area contributed by atoms with Gasteiger partial charge in [0.25, 0.3) is 0 Å². The molecular formula is C18H17N5O5. The topological polar surface area (TPSA) is 114 Å². The third kappa shape index (κ3) is 3.76. The standard InChI is InChI=1S/C18H17N5O5/c1-26-17-3-2-13(7-20-17)14-4-12(5-19-6-14)10-27-15-8-22-9-16(23(24)25)21-18(22)28-11-15/h2-7,9,15H,8,10-11H2,1H3/t15-/m0/s1. The van der Waals surface area contributed by atoms with E-state index >= 15 is 0 Å². The number of fused-ring (bicyclic) bond motifs is 1. The first kappa shape index (κ1) is 17.9. The van der Waals surface area contributed by atoms with E-state index in [1.165, 1.54) is 6.20 Å². The van der Waals surface area contributed by atoms with Crippen LogP contribution in [0.3, 0.4) is 0 Å². The monoisotopic (exact) mass is 383 g/mol. The number of ether oxygens (including phenoxy) is 3. The van der Waals surface area contributed by atoms with Gasteiger partial charge in [0.1, 0.15) is 18.9 Å². The van der Waals surface area contributed by atoms with Crippen LogP contribution in [0.2, 0.25) is 0 Å². The predicted octanol–water partition coefficient (Wildman–Crippen LogP) is 2.23. The molecule has 1 aliphatic rings. The third-order valence-electron chi connectivity index (χ3n) is 4.27. The summed E-state index contributed by atoms with van der Waals surface area (Å²) in [6, 6.07) is 5.92. The van der Waals surface area contributed by atoms with Crippen molar-refractivity contribution < 1.29 is 19.1 Å². The van der Waals surface area contributed by atoms with Crippen molar-refractivity contribution in [2.24, 2.45) is 0 Å². The van der Waals surface area contributed by atoms with Crippen LogP contribution in [0, 0.1) is 10.1 Å². The van der Waals surface area contributed by atoms with Gasteiger partial charge in [-0.3, -0.25) is 9.55 Å². The third-order valence-corrected chi connectivity index (χ3v) is 4.27. The van der Waals surface area contributed by atoms with Gasteiger partial charge >= 0.3 is 11.8 Å². The Morgan fingerprint density at radius 3 is 2.96 bits per heavy atom. The van der Waals surface area contributed by atoms with Crippen LogP contribution in [0.5, 0.6) is 11.9 Å². The highest BCUT2D eigenvalue weighted by Gasteiger charge is 2.28. The molecule has 4 heterocycles. The van der Waals surface area contributed by atoms with Crippen LogP contribution in [0.4, 0.5) is 5.82 Å². The molecule has 10 heteroatoms. The van der Waals surface area contributed by atoms with Crippen LogP contribution in [0.1, 0.15) is 5.56 Å². The molecule has 1 aliphatic heterocycles. The molecule has 1 atom stereocenters. The number of methoxy groups -OCH3 is 1. The summed E-state index contributed by atoms with van der Waals surface area (Å²) in [7, 11) is 1.57. The number of aromatic nitrogens is 4. The van der Waals surface area contributed by atoms with Crippen molar-refractivity contribution in [2.75, 3.05) is 13.7 Å². The molecule has 0 spiro atoms. The van der Waals surface area contributed by atoms with Gasteiger partial charge in [-0.2, -0.15) is 0 Å².